The third kappa shape index (κ3) is 41.6. The van der Waals surface area contributed by atoms with E-state index in [4.69, 9.17) is 4.74 Å². The first-order valence-corrected chi connectivity index (χ1v) is 24.4. The van der Waals surface area contributed by atoms with Gasteiger partial charge in [0.15, 0.2) is 0 Å². The molecule has 0 aliphatic rings. The molecule has 0 aliphatic heterocycles. The molecule has 0 radical (unpaired) electrons. The molecule has 0 aromatic heterocycles. The van der Waals surface area contributed by atoms with Crippen LogP contribution in [0.3, 0.4) is 0 Å². The monoisotopic (exact) mass is 822 g/mol. The summed E-state index contributed by atoms with van der Waals surface area (Å²) >= 11 is 0. The Balaban J connectivity index is 4.64. The molecule has 0 fully saturated rings. The van der Waals surface area contributed by atoms with Crippen molar-refractivity contribution in [1.82, 2.24) is 5.32 Å². The van der Waals surface area contributed by atoms with E-state index < -0.39 is 18.2 Å². The standard InChI is InChI=1S/C53H91NO5/c1-4-7-10-13-16-19-22-24-25-26-28-31-34-37-40-43-46-53(58)59-49(44-41-38-35-32-29-21-18-15-12-9-6-3)47-52(57)54-50(48-55)51(56)45-42-39-36-33-30-27-23-20-17-14-11-8-5-2/h7,9-10,12,15-16,18-19,21,24-25,29,32,35,49-51,55-56H,4-6,8,11,13-14,17,20,22-23,26-28,30-31,33-34,36-48H2,1-3H3,(H,54,57)/b10-7+,12-9+,18-15+,19-16+,25-24+,29-21-,35-32-. The van der Waals surface area contributed by atoms with Crippen molar-refractivity contribution < 1.29 is 24.5 Å². The Bertz CT molecular complexity index is 1150. The van der Waals surface area contributed by atoms with Crippen LogP contribution in [-0.4, -0.2) is 46.9 Å². The van der Waals surface area contributed by atoms with E-state index in [1.165, 1.54) is 83.5 Å². The van der Waals surface area contributed by atoms with Crippen molar-refractivity contribution in [3.8, 4) is 0 Å². The van der Waals surface area contributed by atoms with Crippen LogP contribution in [0.15, 0.2) is 85.1 Å². The summed E-state index contributed by atoms with van der Waals surface area (Å²) in [6.45, 7) is 6.19. The summed E-state index contributed by atoms with van der Waals surface area (Å²) in [5.74, 6) is -0.563. The van der Waals surface area contributed by atoms with Gasteiger partial charge in [-0.25, -0.2) is 0 Å². The molecule has 0 rings (SSSR count). The third-order valence-corrected chi connectivity index (χ3v) is 10.6. The zero-order valence-corrected chi connectivity index (χ0v) is 38.4. The van der Waals surface area contributed by atoms with Gasteiger partial charge < -0.3 is 20.3 Å². The molecule has 3 atom stereocenters. The summed E-state index contributed by atoms with van der Waals surface area (Å²) in [5, 5.41) is 23.7. The second kappa shape index (κ2) is 46.1. The minimum Gasteiger partial charge on any atom is -0.462 e. The van der Waals surface area contributed by atoms with E-state index in [9.17, 15) is 19.8 Å². The highest BCUT2D eigenvalue weighted by atomic mass is 16.5. The molecule has 0 saturated carbocycles. The highest BCUT2D eigenvalue weighted by Gasteiger charge is 2.24. The Labute approximate surface area is 363 Å². The predicted octanol–water partition coefficient (Wildman–Crippen LogP) is 14.4. The minimum atomic E-state index is -0.810. The fourth-order valence-electron chi connectivity index (χ4n) is 6.93. The van der Waals surface area contributed by atoms with Crippen molar-refractivity contribution in [2.75, 3.05) is 6.61 Å². The maximum absolute atomic E-state index is 13.1. The van der Waals surface area contributed by atoms with Gasteiger partial charge in [-0.15, -0.1) is 0 Å². The molecule has 6 heteroatoms. The summed E-state index contributed by atoms with van der Waals surface area (Å²) < 4.78 is 5.87. The van der Waals surface area contributed by atoms with Gasteiger partial charge in [-0.1, -0.05) is 215 Å². The number of carbonyl (C=O) groups excluding carboxylic acids is 2. The Morgan fingerprint density at radius 1 is 0.525 bits per heavy atom. The van der Waals surface area contributed by atoms with Gasteiger partial charge in [-0.05, 0) is 70.6 Å². The molecule has 0 heterocycles. The first-order chi connectivity index (χ1) is 29.0. The normalized spacial score (nSPS) is 14.1. The number of unbranched alkanes of at least 4 members (excludes halogenated alkanes) is 19. The van der Waals surface area contributed by atoms with Crippen LogP contribution in [0.25, 0.3) is 0 Å². The lowest BCUT2D eigenvalue weighted by molar-refractivity contribution is -0.151. The second-order valence-corrected chi connectivity index (χ2v) is 16.2. The maximum atomic E-state index is 13.1. The van der Waals surface area contributed by atoms with Crippen molar-refractivity contribution in [3.05, 3.63) is 85.1 Å². The van der Waals surface area contributed by atoms with Gasteiger partial charge in [0.05, 0.1) is 25.2 Å². The minimum absolute atomic E-state index is 0.0222. The molecular weight excluding hydrogens is 731 g/mol. The van der Waals surface area contributed by atoms with Gasteiger partial charge in [0.2, 0.25) is 5.91 Å². The average Bonchev–Trinajstić information content (AvgIpc) is 3.23. The Morgan fingerprint density at radius 2 is 1.02 bits per heavy atom. The quantitative estimate of drug-likeness (QED) is 0.0247. The number of carbonyl (C=O) groups is 2. The molecule has 0 aromatic carbocycles. The van der Waals surface area contributed by atoms with Crippen molar-refractivity contribution in [1.29, 1.82) is 0 Å². The number of ether oxygens (including phenoxy) is 1. The summed E-state index contributed by atoms with van der Waals surface area (Å²) in [6, 6.07) is -0.728. The number of aliphatic hydroxyl groups excluding tert-OH is 2. The average molecular weight is 822 g/mol. The van der Waals surface area contributed by atoms with Gasteiger partial charge in [0.1, 0.15) is 6.10 Å². The summed E-state index contributed by atoms with van der Waals surface area (Å²) in [7, 11) is 0. The van der Waals surface area contributed by atoms with Crippen molar-refractivity contribution >= 4 is 11.9 Å². The fraction of sp³-hybridized carbons (Fsp3) is 0.698. The highest BCUT2D eigenvalue weighted by Crippen LogP contribution is 2.17. The van der Waals surface area contributed by atoms with Crippen LogP contribution in [0, 0.1) is 0 Å². The lowest BCUT2D eigenvalue weighted by Crippen LogP contribution is -2.46. The van der Waals surface area contributed by atoms with Gasteiger partial charge >= 0.3 is 5.97 Å². The fourth-order valence-corrected chi connectivity index (χ4v) is 6.93. The van der Waals surface area contributed by atoms with E-state index >= 15 is 0 Å². The Hall–Kier alpha value is -2.96. The van der Waals surface area contributed by atoms with E-state index in [1.807, 2.05) is 36.5 Å². The maximum Gasteiger partial charge on any atom is 0.306 e. The van der Waals surface area contributed by atoms with Gasteiger partial charge in [-0.2, -0.15) is 0 Å². The zero-order chi connectivity index (χ0) is 43.1. The largest absolute Gasteiger partial charge is 0.462 e. The van der Waals surface area contributed by atoms with E-state index in [0.717, 1.165) is 83.5 Å². The molecule has 3 N–H and O–H groups in total. The summed E-state index contributed by atoms with van der Waals surface area (Å²) in [6.07, 6.45) is 59.3. The lowest BCUT2D eigenvalue weighted by atomic mass is 10.0. The number of allylic oxidation sites excluding steroid dienone is 14. The molecule has 3 unspecified atom stereocenters. The summed E-state index contributed by atoms with van der Waals surface area (Å²) in [5.41, 5.74) is 0. The molecule has 0 saturated heterocycles. The van der Waals surface area contributed by atoms with Gasteiger partial charge in [0.25, 0.3) is 0 Å². The first kappa shape index (κ1) is 56.0. The second-order valence-electron chi connectivity index (χ2n) is 16.2. The summed E-state index contributed by atoms with van der Waals surface area (Å²) in [4.78, 5) is 26.0. The van der Waals surface area contributed by atoms with Gasteiger partial charge in [-0.3, -0.25) is 9.59 Å². The molecule has 0 bridgehead atoms. The SMILES string of the molecule is CC/C=C/C=C/C=C\C=C/CCCC(CC(=O)NC(CO)C(O)CCCCCCCCCCCCCCC)OC(=O)CCCCCCCC/C=C/C/C=C/C/C=C/CC. The number of amides is 1. The van der Waals surface area contributed by atoms with Gasteiger partial charge in [0, 0.05) is 6.42 Å². The smallest absolute Gasteiger partial charge is 0.306 e. The van der Waals surface area contributed by atoms with Crippen LogP contribution in [0.1, 0.15) is 213 Å². The van der Waals surface area contributed by atoms with Crippen molar-refractivity contribution in [3.63, 3.8) is 0 Å². The zero-order valence-electron chi connectivity index (χ0n) is 38.4. The topological polar surface area (TPSA) is 95.9 Å². The molecule has 6 nitrogen and oxygen atoms in total. The number of nitrogens with one attached hydrogen (secondary N) is 1. The third-order valence-electron chi connectivity index (χ3n) is 10.6. The number of esters is 1. The van der Waals surface area contributed by atoms with Crippen LogP contribution < -0.4 is 5.32 Å². The van der Waals surface area contributed by atoms with Crippen molar-refractivity contribution in [2.45, 2.75) is 232 Å². The predicted molar refractivity (Wildman–Crippen MR) is 254 cm³/mol. The Kier molecular flexibility index (Phi) is 43.8. The van der Waals surface area contributed by atoms with Crippen LogP contribution in [0.4, 0.5) is 0 Å². The van der Waals surface area contributed by atoms with Crippen LogP contribution >= 0.6 is 0 Å². The highest BCUT2D eigenvalue weighted by molar-refractivity contribution is 5.77. The molecule has 0 aliphatic carbocycles. The van der Waals surface area contributed by atoms with E-state index in [-0.39, 0.29) is 24.9 Å². The van der Waals surface area contributed by atoms with Crippen LogP contribution in [-0.2, 0) is 14.3 Å². The van der Waals surface area contributed by atoms with Crippen molar-refractivity contribution in [2.24, 2.45) is 0 Å². The van der Waals surface area contributed by atoms with Crippen LogP contribution in [0.5, 0.6) is 0 Å². The molecule has 0 aromatic rings. The first-order valence-electron chi connectivity index (χ1n) is 24.4. The molecule has 59 heavy (non-hydrogen) atoms. The lowest BCUT2D eigenvalue weighted by Gasteiger charge is -2.24. The number of hydrogen-bond donors (Lipinski definition) is 3. The Morgan fingerprint density at radius 3 is 1.61 bits per heavy atom. The molecular formula is C53H91NO5. The van der Waals surface area contributed by atoms with Crippen LogP contribution in [0.2, 0.25) is 0 Å². The molecule has 1 amide bonds. The van der Waals surface area contributed by atoms with E-state index in [1.54, 1.807) is 0 Å². The molecule has 338 valence electrons. The van der Waals surface area contributed by atoms with E-state index in [2.05, 4.69) is 74.7 Å². The molecule has 0 spiro atoms. The van der Waals surface area contributed by atoms with E-state index in [0.29, 0.717) is 19.3 Å². The number of hydrogen-bond acceptors (Lipinski definition) is 5. The number of aliphatic hydroxyl groups is 2. The number of rotatable bonds is 42.